The minimum atomic E-state index is -2.22. The molecule has 2 fully saturated rings. The lowest BCUT2D eigenvalue weighted by Crippen LogP contribution is -2.66. The molecule has 12 atom stereocenters. The maximum atomic E-state index is 13.0. The fourth-order valence-corrected chi connectivity index (χ4v) is 7.27. The number of carboxylic acid groups (broad SMARTS) is 4. The summed E-state index contributed by atoms with van der Waals surface area (Å²) in [5.41, 5.74) is 0.374. The van der Waals surface area contributed by atoms with Crippen molar-refractivity contribution in [3.05, 3.63) is 71.0 Å². The quantitative estimate of drug-likeness (QED) is 0.0492. The number of carbonyl (C=O) groups excluding carboxylic acids is 2. The van der Waals surface area contributed by atoms with Gasteiger partial charge in [-0.1, -0.05) is 6.07 Å². The van der Waals surface area contributed by atoms with Crippen LogP contribution in [0.3, 0.4) is 0 Å². The molecule has 0 aliphatic carbocycles. The summed E-state index contributed by atoms with van der Waals surface area (Å²) >= 11 is 0. The van der Waals surface area contributed by atoms with Crippen molar-refractivity contribution < 1.29 is 113 Å². The van der Waals surface area contributed by atoms with Crippen molar-refractivity contribution in [3.8, 4) is 23.0 Å². The first kappa shape index (κ1) is 46.9. The molecule has 2 aromatic rings. The maximum Gasteiger partial charge on any atom is 0.351 e. The molecule has 64 heavy (non-hydrogen) atoms. The predicted octanol–water partition coefficient (Wildman–Crippen LogP) is -3.80. The van der Waals surface area contributed by atoms with Crippen molar-refractivity contribution in [2.24, 2.45) is 0 Å². The first-order valence-corrected chi connectivity index (χ1v) is 19.1. The Balaban J connectivity index is 1.30. The van der Waals surface area contributed by atoms with E-state index in [4.69, 9.17) is 28.4 Å². The van der Waals surface area contributed by atoms with Gasteiger partial charge >= 0.3 is 23.9 Å². The Bertz CT molecular complexity index is 2290. The lowest BCUT2D eigenvalue weighted by atomic mass is 9.97. The van der Waals surface area contributed by atoms with E-state index in [1.54, 1.807) is 0 Å². The normalized spacial score (nSPS) is 31.4. The topological polar surface area (TPSA) is 381 Å². The SMILES string of the molecule is COc1cc(/C=C/C(=O)O[C@H]2[C@H](O[C@H]3[C@H](Oc4cc5c(cc4O)[N+](=C/C=C4/C=C(C(=O)O)N[C@H](C(=O)O)C4)[C@H](C(=O)[O-])C5)O[C@H](CO)[C@@H](O)[C@@H]3O)O[C@H](C(=O)O)[C@@H](O)[C@@H]2O)ccc1O. The van der Waals surface area contributed by atoms with Gasteiger partial charge in [0.1, 0.15) is 48.2 Å². The molecule has 0 saturated carbocycles. The number of aliphatic hydroxyl groups excluding tert-OH is 5. The molecular weight excluding hydrogens is 860 g/mol. The molecule has 0 spiro atoms. The molecular formula is C40H42N2O22. The second-order valence-corrected chi connectivity index (χ2v) is 14.7. The number of aromatic hydroxyl groups is 2. The number of allylic oxidation sites excluding steroid dienone is 2. The third kappa shape index (κ3) is 9.93. The third-order valence-electron chi connectivity index (χ3n) is 10.6. The molecule has 0 radical (unpaired) electrons. The summed E-state index contributed by atoms with van der Waals surface area (Å²) in [6.45, 7) is -0.924. The Morgan fingerprint density at radius 1 is 0.875 bits per heavy atom. The first-order valence-electron chi connectivity index (χ1n) is 19.1. The molecule has 11 N–H and O–H groups in total. The van der Waals surface area contributed by atoms with Crippen molar-refractivity contribution in [1.82, 2.24) is 5.32 Å². The minimum Gasteiger partial charge on any atom is -0.543 e. The molecule has 2 aromatic carbocycles. The van der Waals surface area contributed by atoms with E-state index in [2.05, 4.69) is 5.32 Å². The van der Waals surface area contributed by atoms with Gasteiger partial charge in [0.25, 0.3) is 0 Å². The number of fused-ring (bicyclic) bond motifs is 1. The number of hydrogen-bond donors (Lipinski definition) is 11. The number of phenolic OH excluding ortho intramolecular Hbond substituents is 2. The molecule has 4 heterocycles. The van der Waals surface area contributed by atoms with Gasteiger partial charge in [-0.05, 0) is 41.5 Å². The zero-order chi connectivity index (χ0) is 46.7. The van der Waals surface area contributed by atoms with Crippen LogP contribution in [0.2, 0.25) is 0 Å². The van der Waals surface area contributed by atoms with Crippen molar-refractivity contribution in [2.75, 3.05) is 13.7 Å². The number of nitrogens with one attached hydrogen (secondary N) is 1. The van der Waals surface area contributed by atoms with E-state index in [1.165, 1.54) is 49.7 Å². The Labute approximate surface area is 359 Å². The number of esters is 1. The largest absolute Gasteiger partial charge is 0.543 e. The van der Waals surface area contributed by atoms with E-state index in [1.807, 2.05) is 0 Å². The van der Waals surface area contributed by atoms with Gasteiger partial charge in [0, 0.05) is 30.6 Å². The minimum absolute atomic E-state index is 0.0605. The number of phenols is 2. The molecule has 6 rings (SSSR count). The predicted molar refractivity (Wildman–Crippen MR) is 205 cm³/mol. The van der Waals surface area contributed by atoms with Crippen LogP contribution in [0.25, 0.3) is 6.08 Å². The van der Waals surface area contributed by atoms with Crippen LogP contribution in [0.1, 0.15) is 17.5 Å². The molecule has 2 saturated heterocycles. The number of benzene rings is 2. The lowest BCUT2D eigenvalue weighted by molar-refractivity contribution is -0.475. The van der Waals surface area contributed by atoms with E-state index in [0.29, 0.717) is 5.56 Å². The number of carboxylic acids is 4. The van der Waals surface area contributed by atoms with E-state index in [-0.39, 0.29) is 41.2 Å². The zero-order valence-electron chi connectivity index (χ0n) is 33.1. The summed E-state index contributed by atoms with van der Waals surface area (Å²) in [6, 6.07) is 3.53. The number of methoxy groups -OCH3 is 1. The molecule has 0 bridgehead atoms. The summed E-state index contributed by atoms with van der Waals surface area (Å²) in [7, 11) is 1.29. The van der Waals surface area contributed by atoms with Gasteiger partial charge in [0.2, 0.25) is 18.0 Å². The van der Waals surface area contributed by atoms with Crippen LogP contribution in [0.15, 0.2) is 59.8 Å². The Hall–Kier alpha value is -6.64. The van der Waals surface area contributed by atoms with Crippen LogP contribution >= 0.6 is 0 Å². The zero-order valence-corrected chi connectivity index (χ0v) is 33.1. The highest BCUT2D eigenvalue weighted by Gasteiger charge is 2.54. The highest BCUT2D eigenvalue weighted by atomic mass is 16.8. The number of hydrogen-bond acceptors (Lipinski definition) is 20. The third-order valence-corrected chi connectivity index (χ3v) is 10.6. The highest BCUT2D eigenvalue weighted by Crippen LogP contribution is 2.41. The van der Waals surface area contributed by atoms with Gasteiger partial charge in [0.15, 0.2) is 53.8 Å². The molecule has 0 unspecified atom stereocenters. The monoisotopic (exact) mass is 902 g/mol. The van der Waals surface area contributed by atoms with Crippen LogP contribution in [-0.2, 0) is 49.3 Å². The van der Waals surface area contributed by atoms with E-state index >= 15 is 0 Å². The summed E-state index contributed by atoms with van der Waals surface area (Å²) < 4.78 is 34.3. The average molecular weight is 903 g/mol. The number of carbonyl (C=O) groups is 5. The molecule has 24 heteroatoms. The van der Waals surface area contributed by atoms with Gasteiger partial charge in [-0.2, -0.15) is 4.58 Å². The Morgan fingerprint density at radius 3 is 2.23 bits per heavy atom. The first-order chi connectivity index (χ1) is 30.3. The van der Waals surface area contributed by atoms with Crippen LogP contribution in [0.4, 0.5) is 5.69 Å². The Kier molecular flexibility index (Phi) is 14.2. The lowest BCUT2D eigenvalue weighted by Gasteiger charge is -2.46. The number of aliphatic carboxylic acids is 4. The van der Waals surface area contributed by atoms with Crippen molar-refractivity contribution in [2.45, 2.75) is 86.3 Å². The smallest absolute Gasteiger partial charge is 0.351 e. The van der Waals surface area contributed by atoms with Crippen LogP contribution in [0, 0.1) is 0 Å². The van der Waals surface area contributed by atoms with Gasteiger partial charge in [-0.3, -0.25) is 0 Å². The number of nitrogens with zero attached hydrogens (tertiary/aromatic N) is 1. The number of rotatable bonds is 14. The number of aliphatic hydroxyl groups is 5. The maximum absolute atomic E-state index is 13.0. The van der Waals surface area contributed by atoms with Crippen LogP contribution in [0.5, 0.6) is 23.0 Å². The van der Waals surface area contributed by atoms with Crippen molar-refractivity contribution >= 4 is 47.8 Å². The van der Waals surface area contributed by atoms with Crippen molar-refractivity contribution in [1.29, 1.82) is 0 Å². The molecule has 344 valence electrons. The molecule has 4 aliphatic rings. The fourth-order valence-electron chi connectivity index (χ4n) is 7.27. The average Bonchev–Trinajstić information content (AvgIpc) is 3.61. The molecule has 24 nitrogen and oxygen atoms in total. The second-order valence-electron chi connectivity index (χ2n) is 14.7. The fraction of sp³-hybridized carbons (Fsp3) is 0.400. The van der Waals surface area contributed by atoms with Gasteiger partial charge in [-0.25, -0.2) is 19.2 Å². The molecule has 4 aliphatic heterocycles. The standard InChI is InChI=1S/C40H42N2O22/c1-59-24-10-15(2-4-22(24)44)3-5-27(46)62-33-31(50)30(49)32(38(57)58)63-40(33)64-34-29(48)28(47)26(14-43)61-39(34)60-25-12-17-11-21(37(55)56)42(20(17)13-23(25)45)7-6-16-8-18(35(51)52)41-19(9-16)36(53)54/h2-8,10,12-13,19,21,26,28-34,39-40,43,47-50H,9,11,14H2,1H3,(H6,44,45,46,51,52,53,54,55,56,57,58)/t19-,21-,26+,28+,29-,30-,31-,32-,33+,34+,39+,40-/m0/s1. The van der Waals surface area contributed by atoms with E-state index in [0.717, 1.165) is 22.8 Å². The van der Waals surface area contributed by atoms with Gasteiger partial charge < -0.3 is 94.7 Å². The Morgan fingerprint density at radius 2 is 1.59 bits per heavy atom. The summed E-state index contributed by atoms with van der Waals surface area (Å²) in [6.07, 6.45) is -15.2. The van der Waals surface area contributed by atoms with Crippen LogP contribution < -0.4 is 19.9 Å². The summed E-state index contributed by atoms with van der Waals surface area (Å²) in [5.74, 6) is -8.68. The van der Waals surface area contributed by atoms with Gasteiger partial charge in [-0.15, -0.1) is 0 Å². The van der Waals surface area contributed by atoms with Crippen molar-refractivity contribution in [3.63, 3.8) is 0 Å². The van der Waals surface area contributed by atoms with E-state index < -0.39 is 127 Å². The molecule has 0 aromatic heterocycles. The summed E-state index contributed by atoms with van der Waals surface area (Å²) in [5, 5.41) is 118. The number of ether oxygens (including phenoxy) is 6. The van der Waals surface area contributed by atoms with E-state index in [9.17, 15) is 80.1 Å². The van der Waals surface area contributed by atoms with Crippen LogP contribution in [-0.4, -0.2) is 179 Å². The summed E-state index contributed by atoms with van der Waals surface area (Å²) in [4.78, 5) is 60.6. The molecule has 0 amide bonds. The second kappa shape index (κ2) is 19.4. The highest BCUT2D eigenvalue weighted by molar-refractivity contribution is 5.90. The van der Waals surface area contributed by atoms with Gasteiger partial charge in [0.05, 0.1) is 19.8 Å².